The monoisotopic (exact) mass is 230 g/mol. The second-order valence-corrected chi connectivity index (χ2v) is 4.13. The van der Waals surface area contributed by atoms with Crippen molar-refractivity contribution in [2.45, 2.75) is 51.9 Å². The van der Waals surface area contributed by atoms with Gasteiger partial charge in [0.1, 0.15) is 0 Å². The number of nitrogens with zero attached hydrogens (tertiary/aromatic N) is 2. The van der Waals surface area contributed by atoms with E-state index in [0.717, 1.165) is 31.6 Å². The first-order chi connectivity index (χ1) is 7.31. The number of hydrogen-bond acceptors (Lipinski definition) is 3. The van der Waals surface area contributed by atoms with E-state index in [1.807, 2.05) is 0 Å². The summed E-state index contributed by atoms with van der Waals surface area (Å²) in [5.74, 6) is 2.42. The Balaban J connectivity index is 2.63. The second-order valence-electron chi connectivity index (χ2n) is 3.75. The second kappa shape index (κ2) is 6.83. The molecule has 1 heterocycles. The molecule has 0 spiro atoms. The van der Waals surface area contributed by atoms with Gasteiger partial charge < -0.3 is 4.42 Å². The Morgan fingerprint density at radius 1 is 1.20 bits per heavy atom. The van der Waals surface area contributed by atoms with Gasteiger partial charge in [-0.05, 0) is 12.8 Å². The van der Waals surface area contributed by atoms with Crippen LogP contribution in [0.15, 0.2) is 4.42 Å². The van der Waals surface area contributed by atoms with Gasteiger partial charge in [-0.15, -0.1) is 21.8 Å². The zero-order chi connectivity index (χ0) is 11.1. The quantitative estimate of drug-likeness (QED) is 0.673. The van der Waals surface area contributed by atoms with Gasteiger partial charge in [0.15, 0.2) is 0 Å². The molecule has 0 atom stereocenters. The van der Waals surface area contributed by atoms with Crippen LogP contribution in [0.4, 0.5) is 0 Å². The van der Waals surface area contributed by atoms with Gasteiger partial charge >= 0.3 is 0 Å². The molecule has 3 nitrogen and oxygen atoms in total. The molecule has 0 saturated heterocycles. The fraction of sp³-hybridized carbons (Fsp3) is 0.818. The highest BCUT2D eigenvalue weighted by Crippen LogP contribution is 2.25. The predicted molar refractivity (Wildman–Crippen MR) is 61.3 cm³/mol. The molecule has 15 heavy (non-hydrogen) atoms. The van der Waals surface area contributed by atoms with E-state index in [9.17, 15) is 0 Å². The molecule has 0 aliphatic carbocycles. The fourth-order valence-corrected chi connectivity index (χ4v) is 1.86. The van der Waals surface area contributed by atoms with Crippen LogP contribution >= 0.6 is 11.6 Å². The molecule has 0 bridgehead atoms. The zero-order valence-electron chi connectivity index (χ0n) is 9.50. The van der Waals surface area contributed by atoms with Gasteiger partial charge in [0.25, 0.3) is 0 Å². The van der Waals surface area contributed by atoms with E-state index in [1.54, 1.807) is 0 Å². The molecule has 86 valence electrons. The first kappa shape index (κ1) is 12.5. The highest BCUT2D eigenvalue weighted by atomic mass is 35.5. The summed E-state index contributed by atoms with van der Waals surface area (Å²) >= 11 is 5.62. The van der Waals surface area contributed by atoms with Crippen molar-refractivity contribution in [1.29, 1.82) is 0 Å². The molecule has 0 saturated carbocycles. The number of halogens is 1. The predicted octanol–water partition coefficient (Wildman–Crippen LogP) is 3.53. The average molecular weight is 231 g/mol. The standard InChI is InChI=1S/C11H19ClN2O/c1-3-5-9(6-4-2)11-14-13-10(15-11)7-8-12/h9H,3-8H2,1-2H3. The molecule has 0 aromatic carbocycles. The lowest BCUT2D eigenvalue weighted by molar-refractivity contribution is 0.391. The fourth-order valence-electron chi connectivity index (χ4n) is 1.70. The van der Waals surface area contributed by atoms with E-state index in [1.165, 1.54) is 0 Å². The van der Waals surface area contributed by atoms with Crippen LogP contribution < -0.4 is 0 Å². The molecule has 0 amide bonds. The summed E-state index contributed by atoms with van der Waals surface area (Å²) in [4.78, 5) is 0. The van der Waals surface area contributed by atoms with Crippen molar-refractivity contribution < 1.29 is 4.42 Å². The molecule has 1 aromatic rings. The van der Waals surface area contributed by atoms with Crippen molar-refractivity contribution in [3.63, 3.8) is 0 Å². The van der Waals surface area contributed by atoms with Gasteiger partial charge in [0, 0.05) is 18.2 Å². The largest absolute Gasteiger partial charge is 0.425 e. The Hall–Kier alpha value is -0.570. The molecule has 0 aliphatic heterocycles. The Kier molecular flexibility index (Phi) is 5.69. The van der Waals surface area contributed by atoms with Crippen LogP contribution in [0.3, 0.4) is 0 Å². The van der Waals surface area contributed by atoms with Gasteiger partial charge in [-0.1, -0.05) is 26.7 Å². The molecular weight excluding hydrogens is 212 g/mol. The Morgan fingerprint density at radius 2 is 1.87 bits per heavy atom. The zero-order valence-corrected chi connectivity index (χ0v) is 10.3. The van der Waals surface area contributed by atoms with Crippen LogP contribution in [0, 0.1) is 0 Å². The van der Waals surface area contributed by atoms with Crippen LogP contribution in [-0.2, 0) is 6.42 Å². The van der Waals surface area contributed by atoms with Crippen molar-refractivity contribution >= 4 is 11.6 Å². The lowest BCUT2D eigenvalue weighted by Gasteiger charge is -2.09. The van der Waals surface area contributed by atoms with E-state index in [4.69, 9.17) is 16.0 Å². The highest BCUT2D eigenvalue weighted by molar-refractivity contribution is 6.17. The van der Waals surface area contributed by atoms with Crippen molar-refractivity contribution in [3.05, 3.63) is 11.8 Å². The molecular formula is C11H19ClN2O. The number of hydrogen-bond donors (Lipinski definition) is 0. The van der Waals surface area contributed by atoms with Gasteiger partial charge in [-0.25, -0.2) is 0 Å². The summed E-state index contributed by atoms with van der Waals surface area (Å²) in [5, 5.41) is 8.09. The SMILES string of the molecule is CCCC(CCC)c1nnc(CCCl)o1. The first-order valence-electron chi connectivity index (χ1n) is 5.70. The van der Waals surface area contributed by atoms with Gasteiger partial charge in [-0.3, -0.25) is 0 Å². The maximum atomic E-state index is 5.62. The topological polar surface area (TPSA) is 38.9 Å². The first-order valence-corrected chi connectivity index (χ1v) is 6.23. The van der Waals surface area contributed by atoms with Crippen LogP contribution in [-0.4, -0.2) is 16.1 Å². The molecule has 0 radical (unpaired) electrons. The minimum absolute atomic E-state index is 0.427. The minimum Gasteiger partial charge on any atom is -0.425 e. The Morgan fingerprint density at radius 3 is 2.40 bits per heavy atom. The van der Waals surface area contributed by atoms with E-state index in [-0.39, 0.29) is 0 Å². The highest BCUT2D eigenvalue weighted by Gasteiger charge is 2.16. The number of aryl methyl sites for hydroxylation is 1. The number of rotatable bonds is 7. The Bertz CT molecular complexity index is 269. The third-order valence-electron chi connectivity index (χ3n) is 2.41. The third-order valence-corrected chi connectivity index (χ3v) is 2.60. The van der Waals surface area contributed by atoms with E-state index in [2.05, 4.69) is 24.0 Å². The van der Waals surface area contributed by atoms with Crippen LogP contribution in [0.1, 0.15) is 57.2 Å². The smallest absolute Gasteiger partial charge is 0.219 e. The third kappa shape index (κ3) is 3.82. The summed E-state index contributed by atoms with van der Waals surface area (Å²) < 4.78 is 5.58. The Labute approximate surface area is 96.2 Å². The van der Waals surface area contributed by atoms with Crippen molar-refractivity contribution in [2.24, 2.45) is 0 Å². The van der Waals surface area contributed by atoms with E-state index < -0.39 is 0 Å². The number of aromatic nitrogens is 2. The normalized spacial score (nSPS) is 11.2. The van der Waals surface area contributed by atoms with Gasteiger partial charge in [0.05, 0.1) is 0 Å². The summed E-state index contributed by atoms with van der Waals surface area (Å²) in [5.41, 5.74) is 0. The maximum Gasteiger partial charge on any atom is 0.219 e. The van der Waals surface area contributed by atoms with E-state index >= 15 is 0 Å². The summed E-state index contributed by atoms with van der Waals surface area (Å²) in [6.45, 7) is 4.36. The lowest BCUT2D eigenvalue weighted by Crippen LogP contribution is -1.98. The molecule has 4 heteroatoms. The molecule has 0 aliphatic rings. The molecule has 0 unspecified atom stereocenters. The molecule has 0 N–H and O–H groups in total. The maximum absolute atomic E-state index is 5.62. The van der Waals surface area contributed by atoms with Crippen molar-refractivity contribution in [3.8, 4) is 0 Å². The van der Waals surface area contributed by atoms with Gasteiger partial charge in [0.2, 0.25) is 11.8 Å². The van der Waals surface area contributed by atoms with Crippen LogP contribution in [0.25, 0.3) is 0 Å². The summed E-state index contributed by atoms with van der Waals surface area (Å²) in [6, 6.07) is 0. The molecule has 1 rings (SSSR count). The van der Waals surface area contributed by atoms with E-state index in [0.29, 0.717) is 24.1 Å². The number of alkyl halides is 1. The van der Waals surface area contributed by atoms with Crippen molar-refractivity contribution in [1.82, 2.24) is 10.2 Å². The summed E-state index contributed by atoms with van der Waals surface area (Å²) in [6.07, 6.45) is 5.21. The average Bonchev–Trinajstić information content (AvgIpc) is 2.67. The van der Waals surface area contributed by atoms with Crippen LogP contribution in [0.5, 0.6) is 0 Å². The van der Waals surface area contributed by atoms with Crippen LogP contribution in [0.2, 0.25) is 0 Å². The van der Waals surface area contributed by atoms with Crippen molar-refractivity contribution in [2.75, 3.05) is 5.88 Å². The molecule has 0 fully saturated rings. The lowest BCUT2D eigenvalue weighted by atomic mass is 9.98. The summed E-state index contributed by atoms with van der Waals surface area (Å²) in [7, 11) is 0. The van der Waals surface area contributed by atoms with Gasteiger partial charge in [-0.2, -0.15) is 0 Å². The minimum atomic E-state index is 0.427. The molecule has 1 aromatic heterocycles.